The van der Waals surface area contributed by atoms with Crippen molar-refractivity contribution in [1.82, 2.24) is 10.2 Å². The topological polar surface area (TPSA) is 116 Å². The number of hydrogen-bond donors (Lipinski definition) is 3. The molecule has 186 valence electrons. The maximum absolute atomic E-state index is 12.5. The molecule has 2 aromatic carbocycles. The van der Waals surface area contributed by atoms with Crippen LogP contribution in [0.15, 0.2) is 48.5 Å². The van der Waals surface area contributed by atoms with Crippen molar-refractivity contribution in [2.75, 3.05) is 26.2 Å². The van der Waals surface area contributed by atoms with Crippen molar-refractivity contribution in [3.8, 4) is 11.1 Å². The number of piperidine rings is 1. The van der Waals surface area contributed by atoms with Gasteiger partial charge in [0, 0.05) is 32.0 Å². The van der Waals surface area contributed by atoms with Crippen molar-refractivity contribution in [2.24, 2.45) is 11.8 Å². The Labute approximate surface area is 204 Å². The number of aliphatic carboxylic acids is 1. The highest BCUT2D eigenvalue weighted by Gasteiger charge is 2.33. The third-order valence-corrected chi connectivity index (χ3v) is 6.92. The molecule has 3 N–H and O–H groups in total. The average molecular weight is 481 g/mol. The van der Waals surface area contributed by atoms with E-state index in [1.54, 1.807) is 0 Å². The van der Waals surface area contributed by atoms with Crippen molar-refractivity contribution in [2.45, 2.75) is 38.2 Å². The predicted octanol–water partition coefficient (Wildman–Crippen LogP) is 3.24. The van der Waals surface area contributed by atoms with Gasteiger partial charge >= 0.3 is 12.1 Å². The van der Waals surface area contributed by atoms with Crippen molar-refractivity contribution >= 4 is 18.0 Å². The highest BCUT2D eigenvalue weighted by atomic mass is 16.5. The molecule has 3 atom stereocenters. The molecular formula is C27H32N2O6. The quantitative estimate of drug-likeness (QED) is 0.534. The number of nitrogens with zero attached hydrogens (tertiary/aromatic N) is 1. The van der Waals surface area contributed by atoms with Crippen LogP contribution in [0.25, 0.3) is 11.1 Å². The molecule has 8 heteroatoms. The zero-order valence-corrected chi connectivity index (χ0v) is 19.9. The van der Waals surface area contributed by atoms with Crippen molar-refractivity contribution in [1.29, 1.82) is 0 Å². The normalized spacial score (nSPS) is 20.0. The Balaban J connectivity index is 1.21. The molecule has 0 spiro atoms. The molecule has 35 heavy (non-hydrogen) atoms. The van der Waals surface area contributed by atoms with Crippen LogP contribution in [-0.4, -0.2) is 65.4 Å². The van der Waals surface area contributed by atoms with Crippen LogP contribution in [0.4, 0.5) is 4.79 Å². The van der Waals surface area contributed by atoms with E-state index in [0.717, 1.165) is 11.1 Å². The van der Waals surface area contributed by atoms with Crippen molar-refractivity contribution < 1.29 is 29.3 Å². The molecule has 1 fully saturated rings. The largest absolute Gasteiger partial charge is 0.481 e. The number of carbonyl (C=O) groups is 3. The van der Waals surface area contributed by atoms with Gasteiger partial charge in [-0.05, 0) is 41.0 Å². The molecule has 0 aromatic heterocycles. The number of rotatable bonds is 8. The second kappa shape index (κ2) is 10.9. The van der Waals surface area contributed by atoms with Gasteiger partial charge in [-0.1, -0.05) is 55.5 Å². The number of fused-ring (bicyclic) bond motifs is 3. The molecule has 0 radical (unpaired) electrons. The van der Waals surface area contributed by atoms with Gasteiger partial charge in [0.25, 0.3) is 0 Å². The number of ether oxygens (including phenoxy) is 1. The first-order chi connectivity index (χ1) is 16.8. The van der Waals surface area contributed by atoms with Gasteiger partial charge in [0.1, 0.15) is 6.61 Å². The maximum atomic E-state index is 12.5. The van der Waals surface area contributed by atoms with E-state index < -0.39 is 24.1 Å². The number of nitrogens with one attached hydrogen (secondary N) is 1. The van der Waals surface area contributed by atoms with Gasteiger partial charge in [-0.25, -0.2) is 4.79 Å². The van der Waals surface area contributed by atoms with Gasteiger partial charge in [0.2, 0.25) is 5.91 Å². The molecule has 1 aliphatic heterocycles. The summed E-state index contributed by atoms with van der Waals surface area (Å²) in [4.78, 5) is 37.5. The number of amides is 2. The number of β-amino-alcohol motifs (C(OH)–C–C–N with tert-alkyl or cyclic N) is 1. The summed E-state index contributed by atoms with van der Waals surface area (Å²) in [6.07, 6.45) is -0.381. The molecule has 4 rings (SSSR count). The van der Waals surface area contributed by atoms with Gasteiger partial charge in [0.15, 0.2) is 0 Å². The lowest BCUT2D eigenvalue weighted by molar-refractivity contribution is -0.148. The molecule has 1 heterocycles. The molecular weight excluding hydrogens is 448 g/mol. The second-order valence-electron chi connectivity index (χ2n) is 9.57. The molecule has 8 nitrogen and oxygen atoms in total. The van der Waals surface area contributed by atoms with E-state index >= 15 is 0 Å². The molecule has 2 aromatic rings. The average Bonchev–Trinajstić information content (AvgIpc) is 3.18. The molecule has 1 aliphatic carbocycles. The Bertz CT molecular complexity index is 1040. The van der Waals surface area contributed by atoms with Crippen LogP contribution in [-0.2, 0) is 14.3 Å². The fourth-order valence-corrected chi connectivity index (χ4v) is 4.99. The first-order valence-electron chi connectivity index (χ1n) is 12.1. The number of carboxylic acids is 1. The van der Waals surface area contributed by atoms with Crippen molar-refractivity contribution in [3.05, 3.63) is 59.7 Å². The Hall–Kier alpha value is -3.39. The number of aliphatic hydroxyl groups is 1. The van der Waals surface area contributed by atoms with Crippen LogP contribution in [0.3, 0.4) is 0 Å². The molecule has 2 amide bonds. The first-order valence-corrected chi connectivity index (χ1v) is 12.1. The van der Waals surface area contributed by atoms with Crippen LogP contribution in [0, 0.1) is 11.8 Å². The van der Waals surface area contributed by atoms with E-state index in [-0.39, 0.29) is 50.3 Å². The van der Waals surface area contributed by atoms with Crippen LogP contribution in [0.2, 0.25) is 0 Å². The number of carboxylic acid groups (broad SMARTS) is 1. The summed E-state index contributed by atoms with van der Waals surface area (Å²) < 4.78 is 5.55. The standard InChI is InChI=1S/C27H32N2O6/c1-17(10-11-25(31)29-14-18(26(32)33)12-19(30)15-29)13-28-27(34)35-16-24-22-8-4-2-6-20(22)21-7-3-5-9-23(21)24/h2-9,17-19,24,30H,10-16H2,1H3,(H,28,34)(H,32,33). The number of carbonyl (C=O) groups excluding carboxylic acids is 2. The minimum Gasteiger partial charge on any atom is -0.481 e. The van der Waals surface area contributed by atoms with Crippen LogP contribution < -0.4 is 5.32 Å². The third-order valence-electron chi connectivity index (χ3n) is 6.92. The molecule has 0 saturated carbocycles. The monoisotopic (exact) mass is 480 g/mol. The number of likely N-dealkylation sites (tertiary alicyclic amines) is 1. The van der Waals surface area contributed by atoms with E-state index in [9.17, 15) is 24.6 Å². The zero-order valence-electron chi connectivity index (χ0n) is 19.9. The lowest BCUT2D eigenvalue weighted by Crippen LogP contribution is -2.48. The highest BCUT2D eigenvalue weighted by molar-refractivity contribution is 5.79. The lowest BCUT2D eigenvalue weighted by atomic mass is 9.95. The van der Waals surface area contributed by atoms with Crippen molar-refractivity contribution in [3.63, 3.8) is 0 Å². The summed E-state index contributed by atoms with van der Waals surface area (Å²) in [6, 6.07) is 16.3. The molecule has 1 saturated heterocycles. The SMILES string of the molecule is CC(CCC(=O)N1CC(O)CC(C(=O)O)C1)CNC(=O)OCC1c2ccccc2-c2ccccc21. The molecule has 0 bridgehead atoms. The minimum atomic E-state index is -0.998. The fourth-order valence-electron chi connectivity index (χ4n) is 4.99. The fraction of sp³-hybridized carbons (Fsp3) is 0.444. The smallest absolute Gasteiger partial charge is 0.407 e. The van der Waals surface area contributed by atoms with Gasteiger partial charge in [-0.3, -0.25) is 9.59 Å². The van der Waals surface area contributed by atoms with Gasteiger partial charge in [0.05, 0.1) is 12.0 Å². The number of alkyl carbamates (subject to hydrolysis) is 1. The van der Waals surface area contributed by atoms with Crippen LogP contribution in [0.1, 0.15) is 43.2 Å². The van der Waals surface area contributed by atoms with E-state index in [2.05, 4.69) is 29.6 Å². The summed E-state index contributed by atoms with van der Waals surface area (Å²) in [5, 5.41) is 21.9. The summed E-state index contributed by atoms with van der Waals surface area (Å²) in [6.45, 7) is 2.83. The number of benzene rings is 2. The summed E-state index contributed by atoms with van der Waals surface area (Å²) in [7, 11) is 0. The Morgan fingerprint density at radius 1 is 1.06 bits per heavy atom. The van der Waals surface area contributed by atoms with Crippen LogP contribution >= 0.6 is 0 Å². The van der Waals surface area contributed by atoms with E-state index in [4.69, 9.17) is 4.74 Å². The zero-order chi connectivity index (χ0) is 24.9. The van der Waals surface area contributed by atoms with E-state index in [0.29, 0.717) is 13.0 Å². The predicted molar refractivity (Wildman–Crippen MR) is 130 cm³/mol. The third kappa shape index (κ3) is 5.82. The minimum absolute atomic E-state index is 0.00211. The number of hydrogen-bond acceptors (Lipinski definition) is 5. The first kappa shape index (κ1) is 24.7. The summed E-state index contributed by atoms with van der Waals surface area (Å²) in [5.74, 6) is -1.89. The molecule has 2 aliphatic rings. The van der Waals surface area contributed by atoms with Gasteiger partial charge in [-0.2, -0.15) is 0 Å². The second-order valence-corrected chi connectivity index (χ2v) is 9.57. The Morgan fingerprint density at radius 2 is 1.69 bits per heavy atom. The summed E-state index contributed by atoms with van der Waals surface area (Å²) >= 11 is 0. The Morgan fingerprint density at radius 3 is 2.31 bits per heavy atom. The highest BCUT2D eigenvalue weighted by Crippen LogP contribution is 2.44. The molecule has 3 unspecified atom stereocenters. The van der Waals surface area contributed by atoms with E-state index in [1.165, 1.54) is 16.0 Å². The van der Waals surface area contributed by atoms with Gasteiger partial charge in [-0.15, -0.1) is 0 Å². The summed E-state index contributed by atoms with van der Waals surface area (Å²) in [5.41, 5.74) is 4.65. The van der Waals surface area contributed by atoms with Gasteiger partial charge < -0.3 is 25.2 Å². The number of aliphatic hydroxyl groups excluding tert-OH is 1. The lowest BCUT2D eigenvalue weighted by Gasteiger charge is -2.34. The maximum Gasteiger partial charge on any atom is 0.407 e. The Kier molecular flexibility index (Phi) is 7.70. The van der Waals surface area contributed by atoms with E-state index in [1.807, 2.05) is 31.2 Å². The van der Waals surface area contributed by atoms with Crippen LogP contribution in [0.5, 0.6) is 0 Å².